The van der Waals surface area contributed by atoms with Crippen molar-refractivity contribution in [3.05, 3.63) is 66.1 Å². The van der Waals surface area contributed by atoms with E-state index in [1.54, 1.807) is 18.5 Å². The molecule has 7 heteroatoms. The maximum absolute atomic E-state index is 12.7. The number of aromatic nitrogens is 2. The van der Waals surface area contributed by atoms with Crippen LogP contribution >= 0.6 is 0 Å². The molecule has 0 saturated carbocycles. The number of pyridine rings is 2. The molecule has 2 atom stereocenters. The van der Waals surface area contributed by atoms with E-state index in [2.05, 4.69) is 26.3 Å². The van der Waals surface area contributed by atoms with Crippen molar-refractivity contribution < 1.29 is 9.53 Å². The number of hydrogen-bond acceptors (Lipinski definition) is 6. The number of carbonyl (C=O) groups is 1. The van der Waals surface area contributed by atoms with Crippen molar-refractivity contribution in [1.29, 1.82) is 5.26 Å². The van der Waals surface area contributed by atoms with Crippen LogP contribution in [0.5, 0.6) is 0 Å². The molecule has 0 unspecified atom stereocenters. The highest BCUT2D eigenvalue weighted by Crippen LogP contribution is 2.30. The molecule has 3 aromatic rings. The van der Waals surface area contributed by atoms with E-state index >= 15 is 0 Å². The second kappa shape index (κ2) is 8.25. The summed E-state index contributed by atoms with van der Waals surface area (Å²) in [6, 6.07) is 15.3. The maximum Gasteiger partial charge on any atom is 0.251 e. The lowest BCUT2D eigenvalue weighted by Crippen LogP contribution is -2.52. The van der Waals surface area contributed by atoms with Crippen LogP contribution in [-0.4, -0.2) is 41.2 Å². The Morgan fingerprint density at radius 2 is 2.07 bits per heavy atom. The van der Waals surface area contributed by atoms with Gasteiger partial charge in [0.25, 0.3) is 5.91 Å². The number of hydrogen-bond donors (Lipinski definition) is 1. The van der Waals surface area contributed by atoms with E-state index < -0.39 is 6.10 Å². The molecule has 1 aromatic carbocycles. The fraction of sp³-hybridized carbons (Fsp3) is 0.273. The molecule has 1 aliphatic heterocycles. The highest BCUT2D eigenvalue weighted by atomic mass is 16.5. The van der Waals surface area contributed by atoms with Crippen molar-refractivity contribution in [2.45, 2.75) is 25.7 Å². The van der Waals surface area contributed by atoms with E-state index in [-0.39, 0.29) is 12.0 Å². The van der Waals surface area contributed by atoms with E-state index in [0.717, 1.165) is 16.8 Å². The highest BCUT2D eigenvalue weighted by Gasteiger charge is 2.31. The van der Waals surface area contributed by atoms with Gasteiger partial charge in [0.15, 0.2) is 6.10 Å². The Bertz CT molecular complexity index is 1060. The molecule has 1 N–H and O–H groups in total. The predicted molar refractivity (Wildman–Crippen MR) is 109 cm³/mol. The zero-order valence-electron chi connectivity index (χ0n) is 16.1. The summed E-state index contributed by atoms with van der Waals surface area (Å²) in [6.07, 6.45) is 2.68. The Kier molecular flexibility index (Phi) is 5.36. The van der Waals surface area contributed by atoms with Crippen LogP contribution in [0.2, 0.25) is 0 Å². The smallest absolute Gasteiger partial charge is 0.251 e. The van der Waals surface area contributed by atoms with Crippen molar-refractivity contribution in [2.75, 3.05) is 18.0 Å². The second-order valence-corrected chi connectivity index (χ2v) is 7.02. The minimum Gasteiger partial charge on any atom is -0.365 e. The molecule has 29 heavy (non-hydrogen) atoms. The number of benzene rings is 1. The average molecular weight is 387 g/mol. The summed E-state index contributed by atoms with van der Waals surface area (Å²) in [6.45, 7) is 3.39. The zero-order chi connectivity index (χ0) is 20.2. The van der Waals surface area contributed by atoms with Gasteiger partial charge in [0, 0.05) is 30.0 Å². The summed E-state index contributed by atoms with van der Waals surface area (Å²) in [4.78, 5) is 23.4. The van der Waals surface area contributed by atoms with Gasteiger partial charge >= 0.3 is 0 Å². The molecular weight excluding hydrogens is 366 g/mol. The van der Waals surface area contributed by atoms with Gasteiger partial charge in [-0.05, 0) is 43.3 Å². The van der Waals surface area contributed by atoms with Gasteiger partial charge in [-0.15, -0.1) is 0 Å². The van der Waals surface area contributed by atoms with Gasteiger partial charge in [0.2, 0.25) is 0 Å². The third kappa shape index (κ3) is 4.03. The number of nitriles is 1. The molecule has 7 nitrogen and oxygen atoms in total. The van der Waals surface area contributed by atoms with Crippen molar-refractivity contribution in [3.8, 4) is 6.07 Å². The summed E-state index contributed by atoms with van der Waals surface area (Å²) < 4.78 is 5.90. The first-order chi connectivity index (χ1) is 14.2. The Hall–Kier alpha value is -3.50. The molecule has 1 amide bonds. The van der Waals surface area contributed by atoms with Crippen LogP contribution < -0.4 is 10.2 Å². The molecule has 3 heterocycles. The van der Waals surface area contributed by atoms with Crippen LogP contribution in [0.15, 0.2) is 54.9 Å². The van der Waals surface area contributed by atoms with E-state index in [4.69, 9.17) is 4.74 Å². The molecule has 0 aliphatic carbocycles. The van der Waals surface area contributed by atoms with Gasteiger partial charge in [-0.25, -0.2) is 0 Å². The van der Waals surface area contributed by atoms with Gasteiger partial charge in [-0.2, -0.15) is 5.26 Å². The molecule has 0 spiro atoms. The average Bonchev–Trinajstić information content (AvgIpc) is 2.77. The summed E-state index contributed by atoms with van der Waals surface area (Å²) in [5, 5.41) is 13.2. The van der Waals surface area contributed by atoms with Crippen LogP contribution in [-0.2, 0) is 16.1 Å². The Labute approximate surface area is 169 Å². The number of rotatable bonds is 4. The Morgan fingerprint density at radius 1 is 1.21 bits per heavy atom. The lowest BCUT2D eigenvalue weighted by Gasteiger charge is -2.38. The molecule has 1 saturated heterocycles. The number of nitrogens with one attached hydrogen (secondary N) is 1. The quantitative estimate of drug-likeness (QED) is 0.739. The van der Waals surface area contributed by atoms with Crippen LogP contribution in [0.3, 0.4) is 0 Å². The fourth-order valence-corrected chi connectivity index (χ4v) is 3.61. The first-order valence-electron chi connectivity index (χ1n) is 9.51. The van der Waals surface area contributed by atoms with Crippen LogP contribution in [0.1, 0.15) is 18.2 Å². The predicted octanol–water partition coefficient (Wildman–Crippen LogP) is 2.41. The van der Waals surface area contributed by atoms with Crippen molar-refractivity contribution in [3.63, 3.8) is 0 Å². The lowest BCUT2D eigenvalue weighted by atomic mass is 10.1. The first kappa shape index (κ1) is 18.8. The zero-order valence-corrected chi connectivity index (χ0v) is 16.1. The number of anilines is 1. The fourth-order valence-electron chi connectivity index (χ4n) is 3.61. The highest BCUT2D eigenvalue weighted by molar-refractivity contribution is 5.95. The SMILES string of the molecule is C[C@@H]1CN(c2ccc(C#N)c3ncccc23)C[C@H](C(=O)NCc2ccccn2)O1. The van der Waals surface area contributed by atoms with E-state index in [1.165, 1.54) is 0 Å². The van der Waals surface area contributed by atoms with Crippen molar-refractivity contribution in [2.24, 2.45) is 0 Å². The monoisotopic (exact) mass is 387 g/mol. The van der Waals surface area contributed by atoms with Gasteiger partial charge in [0.05, 0.1) is 36.0 Å². The molecule has 146 valence electrons. The first-order valence-corrected chi connectivity index (χ1v) is 9.51. The number of morpholine rings is 1. The number of nitrogens with zero attached hydrogens (tertiary/aromatic N) is 4. The standard InChI is InChI=1S/C22H21N5O2/c1-15-13-27(19-8-7-16(11-23)21-18(19)6-4-10-25-21)14-20(29-15)22(28)26-12-17-5-2-3-9-24-17/h2-10,15,20H,12-14H2,1H3,(H,26,28)/t15-,20-/m1/s1. The van der Waals surface area contributed by atoms with Crippen molar-refractivity contribution in [1.82, 2.24) is 15.3 Å². The molecule has 1 fully saturated rings. The molecule has 0 radical (unpaired) electrons. The number of amides is 1. The van der Waals surface area contributed by atoms with E-state index in [0.29, 0.717) is 30.7 Å². The summed E-state index contributed by atoms with van der Waals surface area (Å²) >= 11 is 0. The number of fused-ring (bicyclic) bond motifs is 1. The van der Waals surface area contributed by atoms with Gasteiger partial charge in [0.1, 0.15) is 6.07 Å². The van der Waals surface area contributed by atoms with E-state index in [1.807, 2.05) is 43.3 Å². The van der Waals surface area contributed by atoms with Crippen LogP contribution in [0, 0.1) is 11.3 Å². The largest absolute Gasteiger partial charge is 0.365 e. The minimum atomic E-state index is -0.593. The third-order valence-electron chi connectivity index (χ3n) is 4.93. The van der Waals surface area contributed by atoms with Gasteiger partial charge < -0.3 is 15.0 Å². The molecule has 0 bridgehead atoms. The second-order valence-electron chi connectivity index (χ2n) is 7.02. The summed E-state index contributed by atoms with van der Waals surface area (Å²) in [5.41, 5.74) is 2.95. The van der Waals surface area contributed by atoms with Gasteiger partial charge in [-0.3, -0.25) is 14.8 Å². The maximum atomic E-state index is 12.7. The Morgan fingerprint density at radius 3 is 2.86 bits per heavy atom. The number of carbonyl (C=O) groups excluding carboxylic acids is 1. The molecule has 4 rings (SSSR count). The lowest BCUT2D eigenvalue weighted by molar-refractivity contribution is -0.137. The third-order valence-corrected chi connectivity index (χ3v) is 4.93. The minimum absolute atomic E-state index is 0.114. The number of ether oxygens (including phenoxy) is 1. The molecular formula is C22H21N5O2. The topological polar surface area (TPSA) is 91.1 Å². The Balaban J connectivity index is 1.54. The summed E-state index contributed by atoms with van der Waals surface area (Å²) in [5.74, 6) is -0.164. The van der Waals surface area contributed by atoms with Crippen LogP contribution in [0.25, 0.3) is 10.9 Å². The molecule has 2 aromatic heterocycles. The van der Waals surface area contributed by atoms with E-state index in [9.17, 15) is 10.1 Å². The summed E-state index contributed by atoms with van der Waals surface area (Å²) in [7, 11) is 0. The van der Waals surface area contributed by atoms with Gasteiger partial charge in [-0.1, -0.05) is 6.07 Å². The van der Waals surface area contributed by atoms with Crippen LogP contribution in [0.4, 0.5) is 5.69 Å². The van der Waals surface area contributed by atoms with Crippen molar-refractivity contribution >= 4 is 22.5 Å². The molecule has 1 aliphatic rings. The normalized spacial score (nSPS) is 19.0.